The molecule has 1 heterocycles. The van der Waals surface area contributed by atoms with E-state index in [1.165, 1.54) is 12.1 Å². The maximum absolute atomic E-state index is 12.7. The topological polar surface area (TPSA) is 108 Å². The number of hydrogen-bond acceptors (Lipinski definition) is 6. The molecule has 1 aliphatic rings. The number of aromatic hydroxyl groups is 2. The Kier molecular flexibility index (Phi) is 3.86. The van der Waals surface area contributed by atoms with Crippen LogP contribution in [0.15, 0.2) is 69.9 Å². The summed E-state index contributed by atoms with van der Waals surface area (Å²) in [6, 6.07) is 15.3. The van der Waals surface area contributed by atoms with Gasteiger partial charge in [0.25, 0.3) is 0 Å². The van der Waals surface area contributed by atoms with Crippen molar-refractivity contribution in [1.82, 2.24) is 0 Å². The molecule has 6 nitrogen and oxygen atoms in total. The number of phenols is 1. The second-order valence-corrected chi connectivity index (χ2v) is 6.60. The fourth-order valence-corrected chi connectivity index (χ4v) is 3.80. The number of carbonyl (C=O) groups is 1. The van der Waals surface area contributed by atoms with E-state index in [1.807, 2.05) is 0 Å². The van der Waals surface area contributed by atoms with Gasteiger partial charge in [0.15, 0.2) is 5.78 Å². The zero-order chi connectivity index (χ0) is 19.2. The molecule has 3 aromatic rings. The van der Waals surface area contributed by atoms with Crippen LogP contribution in [0.25, 0.3) is 0 Å². The maximum Gasteiger partial charge on any atom is 0.339 e. The molecule has 0 fully saturated rings. The number of aliphatic hydroxyl groups is 1. The average molecular weight is 364 g/mol. The average Bonchev–Trinajstić information content (AvgIpc) is 2.61. The molecule has 0 radical (unpaired) electrons. The normalized spacial score (nSPS) is 21.7. The van der Waals surface area contributed by atoms with Gasteiger partial charge in [0.2, 0.25) is 0 Å². The number of carbonyl (C=O) groups excluding carboxylic acids is 1. The number of benzene rings is 2. The summed E-state index contributed by atoms with van der Waals surface area (Å²) >= 11 is 0. The molecule has 0 amide bonds. The minimum Gasteiger partial charge on any atom is -0.508 e. The highest BCUT2D eigenvalue weighted by Crippen LogP contribution is 2.50. The standard InChI is InChI=1S/C21H16O6/c22-13-9-17(27-18(25)10-13)20-14-7-4-8-15(23)19(14)16(24)11-21(20,26)12-5-2-1-3-6-12/h1-10,20,22-23,26H,11H2/t20-,21+/m1/s1. The van der Waals surface area contributed by atoms with Gasteiger partial charge in [-0.05, 0) is 17.2 Å². The van der Waals surface area contributed by atoms with Crippen molar-refractivity contribution in [3.63, 3.8) is 0 Å². The first-order chi connectivity index (χ1) is 12.9. The lowest BCUT2D eigenvalue weighted by Crippen LogP contribution is -2.41. The highest BCUT2D eigenvalue weighted by Gasteiger charge is 2.49. The molecule has 0 unspecified atom stereocenters. The molecule has 2 aromatic carbocycles. The summed E-state index contributed by atoms with van der Waals surface area (Å²) in [4.78, 5) is 24.6. The van der Waals surface area contributed by atoms with Gasteiger partial charge < -0.3 is 19.7 Å². The van der Waals surface area contributed by atoms with E-state index in [9.17, 15) is 24.9 Å². The molecule has 4 rings (SSSR count). The van der Waals surface area contributed by atoms with Gasteiger partial charge >= 0.3 is 5.63 Å². The minimum atomic E-state index is -1.72. The largest absolute Gasteiger partial charge is 0.508 e. The Morgan fingerprint density at radius 3 is 2.41 bits per heavy atom. The number of phenolic OH excluding ortho intramolecular Hbond substituents is 1. The first-order valence-corrected chi connectivity index (χ1v) is 8.37. The van der Waals surface area contributed by atoms with Crippen molar-refractivity contribution in [2.24, 2.45) is 0 Å². The molecule has 0 aliphatic heterocycles. The zero-order valence-electron chi connectivity index (χ0n) is 14.1. The second-order valence-electron chi connectivity index (χ2n) is 6.60. The zero-order valence-corrected chi connectivity index (χ0v) is 14.1. The Morgan fingerprint density at radius 2 is 1.70 bits per heavy atom. The van der Waals surface area contributed by atoms with Crippen molar-refractivity contribution >= 4 is 5.78 Å². The molecule has 0 saturated heterocycles. The van der Waals surface area contributed by atoms with Crippen LogP contribution in [0.1, 0.15) is 39.6 Å². The lowest BCUT2D eigenvalue weighted by molar-refractivity contribution is 0.00211. The lowest BCUT2D eigenvalue weighted by atomic mass is 9.67. The predicted octanol–water partition coefficient (Wildman–Crippen LogP) is 2.66. The quantitative estimate of drug-likeness (QED) is 0.645. The summed E-state index contributed by atoms with van der Waals surface area (Å²) in [6.45, 7) is 0. The van der Waals surface area contributed by atoms with Crippen LogP contribution >= 0.6 is 0 Å². The van der Waals surface area contributed by atoms with E-state index in [0.717, 1.165) is 6.07 Å². The SMILES string of the molecule is O=C1C[C@](O)(c2ccccc2)[C@@H](c2cc(O)cc(=O)o2)c2cccc(O)c21. The molecule has 0 spiro atoms. The Hall–Kier alpha value is -3.38. The van der Waals surface area contributed by atoms with Crippen LogP contribution in [-0.4, -0.2) is 21.1 Å². The Morgan fingerprint density at radius 1 is 0.963 bits per heavy atom. The van der Waals surface area contributed by atoms with E-state index in [1.54, 1.807) is 42.5 Å². The number of Topliss-reactive ketones (excluding diaryl/α,β-unsaturated/α-hetero) is 1. The van der Waals surface area contributed by atoms with Gasteiger partial charge in [-0.3, -0.25) is 4.79 Å². The summed E-state index contributed by atoms with van der Waals surface area (Å²) in [5.41, 5.74) is -1.63. The molecule has 27 heavy (non-hydrogen) atoms. The van der Waals surface area contributed by atoms with Crippen LogP contribution in [0.4, 0.5) is 0 Å². The van der Waals surface area contributed by atoms with E-state index in [4.69, 9.17) is 4.42 Å². The van der Waals surface area contributed by atoms with Gasteiger partial charge in [-0.25, -0.2) is 4.79 Å². The molecule has 0 bridgehead atoms. The molecule has 3 N–H and O–H groups in total. The van der Waals surface area contributed by atoms with Gasteiger partial charge in [-0.2, -0.15) is 0 Å². The van der Waals surface area contributed by atoms with Crippen molar-refractivity contribution in [2.45, 2.75) is 17.9 Å². The van der Waals surface area contributed by atoms with Crippen LogP contribution in [0.2, 0.25) is 0 Å². The number of ketones is 1. The third-order valence-corrected chi connectivity index (χ3v) is 4.90. The summed E-state index contributed by atoms with van der Waals surface area (Å²) in [7, 11) is 0. The molecule has 136 valence electrons. The first kappa shape index (κ1) is 17.1. The fraction of sp³-hybridized carbons (Fsp3) is 0.143. The van der Waals surface area contributed by atoms with Gasteiger partial charge in [0, 0.05) is 12.5 Å². The monoisotopic (exact) mass is 364 g/mol. The van der Waals surface area contributed by atoms with Crippen molar-refractivity contribution in [2.75, 3.05) is 0 Å². The minimum absolute atomic E-state index is 0.00528. The van der Waals surface area contributed by atoms with Crippen molar-refractivity contribution in [3.05, 3.63) is 93.5 Å². The molecule has 1 aromatic heterocycles. The van der Waals surface area contributed by atoms with E-state index in [-0.39, 0.29) is 29.2 Å². The number of rotatable bonds is 2. The summed E-state index contributed by atoms with van der Waals surface area (Å²) < 4.78 is 5.28. The lowest BCUT2D eigenvalue weighted by Gasteiger charge is -2.40. The number of fused-ring (bicyclic) bond motifs is 1. The molecular weight excluding hydrogens is 348 g/mol. The predicted molar refractivity (Wildman–Crippen MR) is 95.9 cm³/mol. The molecular formula is C21H16O6. The first-order valence-electron chi connectivity index (χ1n) is 8.37. The van der Waals surface area contributed by atoms with E-state index in [2.05, 4.69) is 0 Å². The second kappa shape index (κ2) is 6.10. The van der Waals surface area contributed by atoms with Gasteiger partial charge in [-0.15, -0.1) is 0 Å². The molecule has 1 aliphatic carbocycles. The summed E-state index contributed by atoms with van der Waals surface area (Å²) in [5.74, 6) is -1.91. The fourth-order valence-electron chi connectivity index (χ4n) is 3.80. The van der Waals surface area contributed by atoms with Crippen molar-refractivity contribution in [1.29, 1.82) is 0 Å². The van der Waals surface area contributed by atoms with Gasteiger partial charge in [0.1, 0.15) is 22.9 Å². The van der Waals surface area contributed by atoms with Crippen LogP contribution in [-0.2, 0) is 5.60 Å². The Balaban J connectivity index is 2.05. The number of hydrogen-bond donors (Lipinski definition) is 3. The summed E-state index contributed by atoms with van der Waals surface area (Å²) in [6.07, 6.45) is -0.314. The van der Waals surface area contributed by atoms with Gasteiger partial charge in [-0.1, -0.05) is 42.5 Å². The Bertz CT molecular complexity index is 1090. The van der Waals surface area contributed by atoms with Crippen LogP contribution in [0.3, 0.4) is 0 Å². The van der Waals surface area contributed by atoms with Crippen LogP contribution in [0.5, 0.6) is 11.5 Å². The smallest absolute Gasteiger partial charge is 0.339 e. The Labute approximate surface area is 154 Å². The van der Waals surface area contributed by atoms with Crippen LogP contribution in [0, 0.1) is 0 Å². The third kappa shape index (κ3) is 2.71. The molecule has 2 atom stereocenters. The van der Waals surface area contributed by atoms with Crippen molar-refractivity contribution < 1.29 is 24.5 Å². The van der Waals surface area contributed by atoms with E-state index in [0.29, 0.717) is 11.1 Å². The molecule has 0 saturated carbocycles. The van der Waals surface area contributed by atoms with E-state index >= 15 is 0 Å². The summed E-state index contributed by atoms with van der Waals surface area (Å²) in [5, 5.41) is 31.7. The highest BCUT2D eigenvalue weighted by molar-refractivity contribution is 6.02. The molecule has 6 heteroatoms. The van der Waals surface area contributed by atoms with Crippen molar-refractivity contribution in [3.8, 4) is 11.5 Å². The maximum atomic E-state index is 12.7. The van der Waals surface area contributed by atoms with E-state index < -0.39 is 22.9 Å². The van der Waals surface area contributed by atoms with Crippen LogP contribution < -0.4 is 5.63 Å². The third-order valence-electron chi connectivity index (χ3n) is 4.90. The van der Waals surface area contributed by atoms with Gasteiger partial charge in [0.05, 0.1) is 17.5 Å². The highest BCUT2D eigenvalue weighted by atomic mass is 16.4.